The highest BCUT2D eigenvalue weighted by molar-refractivity contribution is 5.92. The molecule has 1 fully saturated rings. The zero-order valence-electron chi connectivity index (χ0n) is 14.0. The van der Waals surface area contributed by atoms with Gasteiger partial charge in [0, 0.05) is 25.1 Å². The van der Waals surface area contributed by atoms with E-state index in [-0.39, 0.29) is 11.6 Å². The molecule has 1 amide bonds. The number of benzene rings is 1. The molecule has 1 unspecified atom stereocenters. The van der Waals surface area contributed by atoms with Crippen molar-refractivity contribution in [1.82, 2.24) is 9.88 Å². The molecule has 0 radical (unpaired) electrons. The molecule has 132 valence electrons. The van der Waals surface area contributed by atoms with Crippen LogP contribution in [0, 0.1) is 24.5 Å². The minimum Gasteiger partial charge on any atom is -0.493 e. The van der Waals surface area contributed by atoms with Crippen LogP contribution in [0.2, 0.25) is 0 Å². The van der Waals surface area contributed by atoms with Gasteiger partial charge < -0.3 is 9.64 Å². The lowest BCUT2D eigenvalue weighted by molar-refractivity contribution is 0.0622. The van der Waals surface area contributed by atoms with Crippen LogP contribution in [0.4, 0.5) is 8.78 Å². The minimum atomic E-state index is -0.928. The number of rotatable bonds is 4. The maximum atomic E-state index is 13.8. The number of aryl methyl sites for hydroxylation is 1. The van der Waals surface area contributed by atoms with E-state index in [1.165, 1.54) is 0 Å². The molecule has 0 N–H and O–H groups in total. The zero-order chi connectivity index (χ0) is 17.8. The van der Waals surface area contributed by atoms with Gasteiger partial charge in [0.2, 0.25) is 0 Å². The average molecular weight is 346 g/mol. The van der Waals surface area contributed by atoms with Gasteiger partial charge in [0.15, 0.2) is 11.5 Å². The Morgan fingerprint density at radius 3 is 2.80 bits per heavy atom. The van der Waals surface area contributed by atoms with Gasteiger partial charge in [0.1, 0.15) is 11.6 Å². The third-order valence-corrected chi connectivity index (χ3v) is 4.32. The van der Waals surface area contributed by atoms with E-state index in [2.05, 4.69) is 4.98 Å². The van der Waals surface area contributed by atoms with Crippen molar-refractivity contribution >= 4 is 5.91 Å². The summed E-state index contributed by atoms with van der Waals surface area (Å²) in [6, 6.07) is 8.48. The van der Waals surface area contributed by atoms with E-state index in [1.807, 2.05) is 31.2 Å². The normalized spacial score (nSPS) is 17.4. The summed E-state index contributed by atoms with van der Waals surface area (Å²) >= 11 is 0. The van der Waals surface area contributed by atoms with Gasteiger partial charge in [-0.25, -0.2) is 13.8 Å². The molecule has 1 atom stereocenters. The van der Waals surface area contributed by atoms with Gasteiger partial charge >= 0.3 is 0 Å². The van der Waals surface area contributed by atoms with E-state index in [4.69, 9.17) is 4.74 Å². The van der Waals surface area contributed by atoms with Gasteiger partial charge in [-0.1, -0.05) is 17.7 Å². The fraction of sp³-hybridized carbons (Fsp3) is 0.368. The number of halogens is 2. The number of amides is 1. The van der Waals surface area contributed by atoms with Gasteiger partial charge in [-0.3, -0.25) is 4.79 Å². The molecular formula is C19H20F2N2O2. The Kier molecular flexibility index (Phi) is 5.26. The van der Waals surface area contributed by atoms with Gasteiger partial charge in [-0.05, 0) is 31.9 Å². The Labute approximate surface area is 145 Å². The lowest BCUT2D eigenvalue weighted by atomic mass is 9.98. The fourth-order valence-corrected chi connectivity index (χ4v) is 2.96. The Bertz CT molecular complexity index is 750. The molecule has 1 saturated heterocycles. The van der Waals surface area contributed by atoms with Crippen molar-refractivity contribution in [2.75, 3.05) is 19.7 Å². The van der Waals surface area contributed by atoms with Crippen LogP contribution in [0.15, 0.2) is 36.5 Å². The number of piperidine rings is 1. The van der Waals surface area contributed by atoms with Gasteiger partial charge in [-0.15, -0.1) is 0 Å². The van der Waals surface area contributed by atoms with E-state index < -0.39 is 17.5 Å². The van der Waals surface area contributed by atoms with Crippen molar-refractivity contribution in [3.63, 3.8) is 0 Å². The number of pyridine rings is 1. The van der Waals surface area contributed by atoms with Crippen LogP contribution in [0.5, 0.6) is 5.75 Å². The first-order chi connectivity index (χ1) is 12.0. The monoisotopic (exact) mass is 346 g/mol. The molecule has 0 spiro atoms. The predicted octanol–water partition coefficient (Wildman–Crippen LogP) is 3.60. The summed E-state index contributed by atoms with van der Waals surface area (Å²) in [5.41, 5.74) is 0.831. The topological polar surface area (TPSA) is 42.4 Å². The van der Waals surface area contributed by atoms with Crippen molar-refractivity contribution in [2.45, 2.75) is 19.8 Å². The van der Waals surface area contributed by atoms with Crippen LogP contribution < -0.4 is 4.74 Å². The van der Waals surface area contributed by atoms with Gasteiger partial charge in [0.25, 0.3) is 5.91 Å². The summed E-state index contributed by atoms with van der Waals surface area (Å²) < 4.78 is 32.5. The number of aromatic nitrogens is 1. The molecule has 25 heavy (non-hydrogen) atoms. The predicted molar refractivity (Wildman–Crippen MR) is 89.5 cm³/mol. The summed E-state index contributed by atoms with van der Waals surface area (Å²) in [5.74, 6) is -1.26. The maximum absolute atomic E-state index is 13.8. The van der Waals surface area contributed by atoms with E-state index in [0.29, 0.717) is 25.8 Å². The van der Waals surface area contributed by atoms with Crippen molar-refractivity contribution in [3.05, 3.63) is 59.4 Å². The molecule has 0 aliphatic carbocycles. The Hall–Kier alpha value is -2.50. The molecule has 2 aromatic rings. The van der Waals surface area contributed by atoms with E-state index in [0.717, 1.165) is 30.4 Å². The summed E-state index contributed by atoms with van der Waals surface area (Å²) in [5, 5.41) is 0. The SMILES string of the molecule is Cc1ccc(OCC2CCCN(C(=O)c3ncc(F)cc3F)C2)cc1. The van der Waals surface area contributed by atoms with Crippen molar-refractivity contribution in [2.24, 2.45) is 5.92 Å². The standard InChI is InChI=1S/C19H20F2N2O2/c1-13-4-6-16(7-5-13)25-12-14-3-2-8-23(11-14)19(24)18-17(21)9-15(20)10-22-18/h4-7,9-10,14H,2-3,8,11-12H2,1H3. The Balaban J connectivity index is 1.60. The zero-order valence-corrected chi connectivity index (χ0v) is 14.0. The first kappa shape index (κ1) is 17.3. The first-order valence-corrected chi connectivity index (χ1v) is 8.32. The number of likely N-dealkylation sites (tertiary alicyclic amines) is 1. The molecule has 1 aliphatic rings. The third kappa shape index (κ3) is 4.32. The highest BCUT2D eigenvalue weighted by atomic mass is 19.1. The molecule has 0 bridgehead atoms. The first-order valence-electron chi connectivity index (χ1n) is 8.32. The summed E-state index contributed by atoms with van der Waals surface area (Å²) in [6.45, 7) is 3.52. The molecule has 3 rings (SSSR count). The molecule has 0 saturated carbocycles. The third-order valence-electron chi connectivity index (χ3n) is 4.32. The van der Waals surface area contributed by atoms with E-state index in [1.54, 1.807) is 4.90 Å². The number of ether oxygens (including phenoxy) is 1. The Morgan fingerprint density at radius 2 is 2.08 bits per heavy atom. The maximum Gasteiger partial charge on any atom is 0.275 e. The van der Waals surface area contributed by atoms with Crippen molar-refractivity contribution in [1.29, 1.82) is 0 Å². The number of nitrogens with zero attached hydrogens (tertiary/aromatic N) is 2. The molecule has 1 aliphatic heterocycles. The highest BCUT2D eigenvalue weighted by Gasteiger charge is 2.27. The van der Waals surface area contributed by atoms with Crippen LogP contribution in [0.25, 0.3) is 0 Å². The van der Waals surface area contributed by atoms with E-state index in [9.17, 15) is 13.6 Å². The van der Waals surface area contributed by atoms with Crippen LogP contribution in [-0.4, -0.2) is 35.5 Å². The van der Waals surface area contributed by atoms with Gasteiger partial charge in [-0.2, -0.15) is 0 Å². The largest absolute Gasteiger partial charge is 0.493 e. The van der Waals surface area contributed by atoms with Gasteiger partial charge in [0.05, 0.1) is 12.8 Å². The molecule has 2 heterocycles. The van der Waals surface area contributed by atoms with Crippen LogP contribution in [-0.2, 0) is 0 Å². The van der Waals surface area contributed by atoms with E-state index >= 15 is 0 Å². The second-order valence-corrected chi connectivity index (χ2v) is 6.37. The number of hydrogen-bond acceptors (Lipinski definition) is 3. The molecule has 1 aromatic heterocycles. The number of carbonyl (C=O) groups excluding carboxylic acids is 1. The highest BCUT2D eigenvalue weighted by Crippen LogP contribution is 2.21. The summed E-state index contributed by atoms with van der Waals surface area (Å²) in [6.07, 6.45) is 2.61. The molecular weight excluding hydrogens is 326 g/mol. The van der Waals surface area contributed by atoms with Crippen LogP contribution in [0.3, 0.4) is 0 Å². The Morgan fingerprint density at radius 1 is 1.32 bits per heavy atom. The average Bonchev–Trinajstić information content (AvgIpc) is 2.61. The molecule has 6 heteroatoms. The lowest BCUT2D eigenvalue weighted by Gasteiger charge is -2.32. The summed E-state index contributed by atoms with van der Waals surface area (Å²) in [4.78, 5) is 17.6. The fourth-order valence-electron chi connectivity index (χ4n) is 2.96. The second-order valence-electron chi connectivity index (χ2n) is 6.37. The van der Waals surface area contributed by atoms with Crippen molar-refractivity contribution < 1.29 is 18.3 Å². The quantitative estimate of drug-likeness (QED) is 0.849. The van der Waals surface area contributed by atoms with Crippen LogP contribution >= 0.6 is 0 Å². The molecule has 1 aromatic carbocycles. The minimum absolute atomic E-state index is 0.169. The second kappa shape index (κ2) is 7.59. The number of hydrogen-bond donors (Lipinski definition) is 0. The van der Waals surface area contributed by atoms with Crippen molar-refractivity contribution in [3.8, 4) is 5.75 Å². The summed E-state index contributed by atoms with van der Waals surface area (Å²) in [7, 11) is 0. The lowest BCUT2D eigenvalue weighted by Crippen LogP contribution is -2.42. The van der Waals surface area contributed by atoms with Crippen LogP contribution in [0.1, 0.15) is 28.9 Å². The smallest absolute Gasteiger partial charge is 0.275 e. The molecule has 4 nitrogen and oxygen atoms in total. The number of carbonyl (C=O) groups is 1.